The molecule has 7 heteroatoms. The molecule has 0 aliphatic carbocycles. The van der Waals surface area contributed by atoms with Gasteiger partial charge in [-0.15, -0.1) is 24.0 Å². The summed E-state index contributed by atoms with van der Waals surface area (Å²) in [4.78, 5) is 12.4. The van der Waals surface area contributed by atoms with Gasteiger partial charge in [-0.2, -0.15) is 0 Å². The first-order valence-electron chi connectivity index (χ1n) is 10.9. The van der Waals surface area contributed by atoms with Crippen LogP contribution in [0.3, 0.4) is 0 Å². The van der Waals surface area contributed by atoms with Crippen molar-refractivity contribution in [3.05, 3.63) is 35.4 Å². The molecule has 2 saturated heterocycles. The number of morpholine rings is 1. The standard InChI is InChI=1S/C22H37N5O.HI/c1-4-23-22(24-10-11-26-14-12-25(5-2)13-15-26)27-16-17-28-21(18-27)20-9-7-6-8-19(20)3;/h6-9,21H,4-5,10-18H2,1-3H3,(H,23,24);1H. The molecule has 0 aromatic heterocycles. The molecule has 2 fully saturated rings. The molecule has 29 heavy (non-hydrogen) atoms. The molecule has 0 bridgehead atoms. The Morgan fingerprint density at radius 2 is 1.83 bits per heavy atom. The van der Waals surface area contributed by atoms with Crippen LogP contribution in [0.15, 0.2) is 29.3 Å². The average Bonchev–Trinajstić information content (AvgIpc) is 2.74. The van der Waals surface area contributed by atoms with Crippen molar-refractivity contribution in [2.24, 2.45) is 4.99 Å². The Bertz CT molecular complexity index is 633. The number of guanidine groups is 1. The molecule has 1 N–H and O–H groups in total. The first-order valence-corrected chi connectivity index (χ1v) is 10.9. The van der Waals surface area contributed by atoms with Crippen LogP contribution in [0.25, 0.3) is 0 Å². The molecule has 2 aliphatic rings. The monoisotopic (exact) mass is 515 g/mol. The van der Waals surface area contributed by atoms with E-state index in [1.807, 2.05) is 0 Å². The third-order valence-corrected chi connectivity index (χ3v) is 5.83. The van der Waals surface area contributed by atoms with E-state index in [1.54, 1.807) is 0 Å². The Kier molecular flexibility index (Phi) is 10.7. The number of aryl methyl sites for hydroxylation is 1. The summed E-state index contributed by atoms with van der Waals surface area (Å²) in [5.74, 6) is 1.02. The van der Waals surface area contributed by atoms with E-state index in [2.05, 4.69) is 65.1 Å². The Morgan fingerprint density at radius 3 is 2.52 bits per heavy atom. The fraction of sp³-hybridized carbons (Fsp3) is 0.682. The van der Waals surface area contributed by atoms with Crippen LogP contribution < -0.4 is 5.32 Å². The topological polar surface area (TPSA) is 43.3 Å². The second kappa shape index (κ2) is 12.7. The van der Waals surface area contributed by atoms with Crippen molar-refractivity contribution in [1.29, 1.82) is 0 Å². The first kappa shape index (κ1) is 24.4. The lowest BCUT2D eigenvalue weighted by atomic mass is 10.0. The van der Waals surface area contributed by atoms with Gasteiger partial charge in [-0.3, -0.25) is 9.89 Å². The fourth-order valence-electron chi connectivity index (χ4n) is 4.03. The summed E-state index contributed by atoms with van der Waals surface area (Å²) in [5.41, 5.74) is 2.58. The van der Waals surface area contributed by atoms with Gasteiger partial charge in [0.05, 0.1) is 19.7 Å². The summed E-state index contributed by atoms with van der Waals surface area (Å²) in [6, 6.07) is 8.53. The van der Waals surface area contributed by atoms with Crippen LogP contribution in [0.1, 0.15) is 31.1 Å². The molecule has 2 heterocycles. The number of benzene rings is 1. The highest BCUT2D eigenvalue weighted by atomic mass is 127. The lowest BCUT2D eigenvalue weighted by molar-refractivity contribution is -0.00834. The van der Waals surface area contributed by atoms with Gasteiger partial charge in [0.15, 0.2) is 5.96 Å². The Morgan fingerprint density at radius 1 is 1.10 bits per heavy atom. The number of piperazine rings is 1. The smallest absolute Gasteiger partial charge is 0.194 e. The highest BCUT2D eigenvalue weighted by Gasteiger charge is 2.25. The van der Waals surface area contributed by atoms with Gasteiger partial charge in [0, 0.05) is 45.8 Å². The third-order valence-electron chi connectivity index (χ3n) is 5.83. The first-order chi connectivity index (χ1) is 13.7. The van der Waals surface area contributed by atoms with Crippen molar-refractivity contribution in [3.63, 3.8) is 0 Å². The Balaban J connectivity index is 0.00000300. The highest BCUT2D eigenvalue weighted by Crippen LogP contribution is 2.24. The minimum Gasteiger partial charge on any atom is -0.370 e. The van der Waals surface area contributed by atoms with Crippen LogP contribution in [-0.4, -0.2) is 92.7 Å². The average molecular weight is 515 g/mol. The van der Waals surface area contributed by atoms with Gasteiger partial charge in [0.1, 0.15) is 6.10 Å². The largest absolute Gasteiger partial charge is 0.370 e. The van der Waals surface area contributed by atoms with Crippen molar-refractivity contribution in [3.8, 4) is 0 Å². The molecular formula is C22H38IN5O. The van der Waals surface area contributed by atoms with Crippen molar-refractivity contribution in [2.75, 3.05) is 72.1 Å². The molecule has 1 aromatic rings. The zero-order chi connectivity index (χ0) is 19.8. The van der Waals surface area contributed by atoms with Gasteiger partial charge in [0.25, 0.3) is 0 Å². The summed E-state index contributed by atoms with van der Waals surface area (Å²) in [6.45, 7) is 17.7. The molecule has 2 aliphatic heterocycles. The number of hydrogen-bond acceptors (Lipinski definition) is 4. The maximum atomic E-state index is 6.09. The summed E-state index contributed by atoms with van der Waals surface area (Å²) in [6.07, 6.45) is 0.112. The summed E-state index contributed by atoms with van der Waals surface area (Å²) < 4.78 is 6.09. The van der Waals surface area contributed by atoms with E-state index in [1.165, 1.54) is 24.2 Å². The molecule has 0 spiro atoms. The normalized spacial score (nSPS) is 21.7. The van der Waals surface area contributed by atoms with Gasteiger partial charge >= 0.3 is 0 Å². The van der Waals surface area contributed by atoms with Crippen molar-refractivity contribution >= 4 is 29.9 Å². The zero-order valence-electron chi connectivity index (χ0n) is 18.3. The number of nitrogens with one attached hydrogen (secondary N) is 1. The Labute approximate surface area is 193 Å². The van der Waals surface area contributed by atoms with Crippen LogP contribution in [0.2, 0.25) is 0 Å². The number of rotatable bonds is 6. The number of aliphatic imine (C=N–C) groups is 1. The number of likely N-dealkylation sites (N-methyl/N-ethyl adjacent to an activating group) is 1. The molecule has 1 atom stereocenters. The molecule has 1 aromatic carbocycles. The Hall–Kier alpha value is -0.900. The van der Waals surface area contributed by atoms with Crippen molar-refractivity contribution in [2.45, 2.75) is 26.9 Å². The highest BCUT2D eigenvalue weighted by molar-refractivity contribution is 14.0. The minimum atomic E-state index is 0. The molecule has 1 unspecified atom stereocenters. The van der Waals surface area contributed by atoms with Gasteiger partial charge in [-0.25, -0.2) is 0 Å². The lowest BCUT2D eigenvalue weighted by Gasteiger charge is -2.36. The van der Waals surface area contributed by atoms with Crippen LogP contribution in [0.5, 0.6) is 0 Å². The number of nitrogens with zero attached hydrogens (tertiary/aromatic N) is 4. The van der Waals surface area contributed by atoms with Crippen LogP contribution in [0.4, 0.5) is 0 Å². The molecule has 6 nitrogen and oxygen atoms in total. The predicted octanol–water partition coefficient (Wildman–Crippen LogP) is 2.59. The quantitative estimate of drug-likeness (QED) is 0.359. The van der Waals surface area contributed by atoms with E-state index in [0.29, 0.717) is 0 Å². The predicted molar refractivity (Wildman–Crippen MR) is 131 cm³/mol. The fourth-order valence-corrected chi connectivity index (χ4v) is 4.03. The minimum absolute atomic E-state index is 0. The van der Waals surface area contributed by atoms with E-state index < -0.39 is 0 Å². The van der Waals surface area contributed by atoms with Gasteiger partial charge < -0.3 is 19.9 Å². The lowest BCUT2D eigenvalue weighted by Crippen LogP contribution is -2.49. The van der Waals surface area contributed by atoms with Gasteiger partial charge in [-0.05, 0) is 31.5 Å². The van der Waals surface area contributed by atoms with Crippen LogP contribution >= 0.6 is 24.0 Å². The van der Waals surface area contributed by atoms with E-state index in [-0.39, 0.29) is 30.1 Å². The second-order valence-corrected chi connectivity index (χ2v) is 7.67. The van der Waals surface area contributed by atoms with E-state index in [9.17, 15) is 0 Å². The van der Waals surface area contributed by atoms with E-state index in [0.717, 1.165) is 64.9 Å². The number of hydrogen-bond donors (Lipinski definition) is 1. The molecule has 0 radical (unpaired) electrons. The van der Waals surface area contributed by atoms with Gasteiger partial charge in [0.2, 0.25) is 0 Å². The van der Waals surface area contributed by atoms with E-state index >= 15 is 0 Å². The number of ether oxygens (including phenoxy) is 1. The van der Waals surface area contributed by atoms with Crippen LogP contribution in [-0.2, 0) is 4.74 Å². The van der Waals surface area contributed by atoms with Gasteiger partial charge in [-0.1, -0.05) is 31.2 Å². The summed E-state index contributed by atoms with van der Waals surface area (Å²) in [5, 5.41) is 3.49. The molecule has 0 saturated carbocycles. The maximum Gasteiger partial charge on any atom is 0.194 e. The molecular weight excluding hydrogens is 477 g/mol. The molecule has 0 amide bonds. The van der Waals surface area contributed by atoms with Crippen LogP contribution in [0, 0.1) is 6.92 Å². The molecule has 164 valence electrons. The second-order valence-electron chi connectivity index (χ2n) is 7.67. The van der Waals surface area contributed by atoms with Crippen molar-refractivity contribution in [1.82, 2.24) is 20.0 Å². The third kappa shape index (κ3) is 7.08. The molecule has 3 rings (SSSR count). The van der Waals surface area contributed by atoms with E-state index in [4.69, 9.17) is 9.73 Å². The van der Waals surface area contributed by atoms with Crippen molar-refractivity contribution < 1.29 is 4.74 Å². The maximum absolute atomic E-state index is 6.09. The number of halogens is 1. The summed E-state index contributed by atoms with van der Waals surface area (Å²) in [7, 11) is 0. The SMILES string of the molecule is CCNC(=NCCN1CCN(CC)CC1)N1CCOC(c2ccccc2C)C1.I. The zero-order valence-corrected chi connectivity index (χ0v) is 20.6. The summed E-state index contributed by atoms with van der Waals surface area (Å²) >= 11 is 0.